The molecule has 0 bridgehead atoms. The summed E-state index contributed by atoms with van der Waals surface area (Å²) in [7, 11) is 0. The van der Waals surface area contributed by atoms with Crippen LogP contribution >= 0.6 is 11.8 Å². The third-order valence-electron chi connectivity index (χ3n) is 3.04. The van der Waals surface area contributed by atoms with Gasteiger partial charge in [-0.3, -0.25) is 0 Å². The molecule has 6 nitrogen and oxygen atoms in total. The first kappa shape index (κ1) is 17.6. The number of nitrogens with one attached hydrogen (secondary N) is 1. The monoisotopic (exact) mass is 346 g/mol. The van der Waals surface area contributed by atoms with E-state index in [1.165, 1.54) is 17.8 Å². The molecule has 0 fully saturated rings. The average Bonchev–Trinajstić information content (AvgIpc) is 2.63. The van der Waals surface area contributed by atoms with Crippen molar-refractivity contribution in [3.63, 3.8) is 0 Å². The molecule has 0 spiro atoms. The minimum atomic E-state index is -1.12. The Morgan fingerprint density at radius 3 is 2.24 bits per heavy atom. The van der Waals surface area contributed by atoms with Crippen LogP contribution in [0.4, 0.5) is 5.69 Å². The smallest absolute Gasteiger partial charge is 0.336 e. The van der Waals surface area contributed by atoms with Crippen LogP contribution in [0.5, 0.6) is 0 Å². The number of aromatic carboxylic acids is 1. The highest BCUT2D eigenvalue weighted by Gasteiger charge is 2.14. The molecule has 0 saturated heterocycles. The van der Waals surface area contributed by atoms with Gasteiger partial charge in [-0.15, -0.1) is 0 Å². The summed E-state index contributed by atoms with van der Waals surface area (Å²) in [4.78, 5) is 13.0. The summed E-state index contributed by atoms with van der Waals surface area (Å²) in [5, 5.41) is 38.8. The second kappa shape index (κ2) is 8.21. The van der Waals surface area contributed by atoms with Crippen LogP contribution in [-0.2, 0) is 0 Å². The fourth-order valence-corrected chi connectivity index (χ4v) is 2.85. The zero-order chi connectivity index (χ0) is 18.2. The molecule has 0 aliphatic heterocycles. The van der Waals surface area contributed by atoms with E-state index in [9.17, 15) is 9.90 Å². The van der Waals surface area contributed by atoms with Gasteiger partial charge in [0, 0.05) is 15.5 Å². The van der Waals surface area contributed by atoms with E-state index in [1.807, 2.05) is 30.3 Å². The Labute approximate surface area is 148 Å². The number of carboxylic acid groups (broad SMARTS) is 1. The lowest BCUT2D eigenvalue weighted by molar-refractivity contribution is 0.0693. The largest absolute Gasteiger partial charge is 0.478 e. The summed E-state index contributed by atoms with van der Waals surface area (Å²) >= 11 is 1.30. The molecule has 0 heterocycles. The lowest BCUT2D eigenvalue weighted by Crippen LogP contribution is -2.04. The number of carboxylic acids is 1. The number of allylic oxidation sites excluding steroid dienone is 2. The zero-order valence-corrected chi connectivity index (χ0v) is 13.5. The fraction of sp³-hybridized carbons (Fsp3) is 0. The van der Waals surface area contributed by atoms with Crippen molar-refractivity contribution in [3.8, 4) is 18.2 Å². The summed E-state index contributed by atoms with van der Waals surface area (Å²) in [6.07, 6.45) is 0. The minimum Gasteiger partial charge on any atom is -0.478 e. The van der Waals surface area contributed by atoms with Crippen LogP contribution in [0.3, 0.4) is 0 Å². The van der Waals surface area contributed by atoms with E-state index in [4.69, 9.17) is 15.8 Å². The molecule has 7 heteroatoms. The molecule has 120 valence electrons. The van der Waals surface area contributed by atoms with Crippen LogP contribution in [-0.4, -0.2) is 11.1 Å². The van der Waals surface area contributed by atoms with Crippen molar-refractivity contribution in [1.82, 2.24) is 0 Å². The quantitative estimate of drug-likeness (QED) is 0.790. The maximum absolute atomic E-state index is 11.5. The van der Waals surface area contributed by atoms with Crippen LogP contribution in [0.2, 0.25) is 0 Å². The van der Waals surface area contributed by atoms with Gasteiger partial charge >= 0.3 is 5.97 Å². The Morgan fingerprint density at radius 2 is 1.68 bits per heavy atom. The number of benzene rings is 2. The van der Waals surface area contributed by atoms with E-state index in [2.05, 4.69) is 5.32 Å². The van der Waals surface area contributed by atoms with E-state index < -0.39 is 5.97 Å². The van der Waals surface area contributed by atoms with E-state index in [0.29, 0.717) is 10.6 Å². The SMILES string of the molecule is N#CC(C#N)=C(C#N)Nc1ccc(Sc2ccccc2)c(C(=O)O)c1. The maximum atomic E-state index is 11.5. The number of nitrogens with zero attached hydrogens (tertiary/aromatic N) is 3. The lowest BCUT2D eigenvalue weighted by atomic mass is 10.2. The molecule has 0 aliphatic rings. The highest BCUT2D eigenvalue weighted by molar-refractivity contribution is 7.99. The molecule has 0 radical (unpaired) electrons. The summed E-state index contributed by atoms with van der Waals surface area (Å²) < 4.78 is 0. The number of hydrogen-bond acceptors (Lipinski definition) is 6. The second-order valence-corrected chi connectivity index (χ2v) is 5.76. The van der Waals surface area contributed by atoms with Crippen LogP contribution in [0.25, 0.3) is 0 Å². The van der Waals surface area contributed by atoms with Gasteiger partial charge in [0.15, 0.2) is 5.57 Å². The van der Waals surface area contributed by atoms with Crippen molar-refractivity contribution >= 4 is 23.4 Å². The van der Waals surface area contributed by atoms with E-state index in [0.717, 1.165) is 4.90 Å². The summed E-state index contributed by atoms with van der Waals surface area (Å²) in [6.45, 7) is 0. The van der Waals surface area contributed by atoms with Crippen molar-refractivity contribution in [2.24, 2.45) is 0 Å². The molecular formula is C18H10N4O2S. The third kappa shape index (κ3) is 4.39. The molecule has 0 amide bonds. The molecule has 2 N–H and O–H groups in total. The Kier molecular flexibility index (Phi) is 5.79. The Hall–Kier alpha value is -3.73. The summed E-state index contributed by atoms with van der Waals surface area (Å²) in [5.74, 6) is -1.12. The first-order valence-corrected chi connectivity index (χ1v) is 7.72. The fourth-order valence-electron chi connectivity index (χ4n) is 1.91. The van der Waals surface area contributed by atoms with Crippen molar-refractivity contribution < 1.29 is 9.90 Å². The van der Waals surface area contributed by atoms with Crippen LogP contribution < -0.4 is 5.32 Å². The molecule has 0 unspecified atom stereocenters. The van der Waals surface area contributed by atoms with Gasteiger partial charge in [0.05, 0.1) is 5.56 Å². The maximum Gasteiger partial charge on any atom is 0.336 e. The predicted molar refractivity (Wildman–Crippen MR) is 91.5 cm³/mol. The Morgan fingerprint density at radius 1 is 1.00 bits per heavy atom. The minimum absolute atomic E-state index is 0.0478. The Balaban J connectivity index is 2.39. The second-order valence-electron chi connectivity index (χ2n) is 4.64. The van der Waals surface area contributed by atoms with Gasteiger partial charge in [-0.2, -0.15) is 15.8 Å². The molecule has 25 heavy (non-hydrogen) atoms. The number of rotatable bonds is 5. The van der Waals surface area contributed by atoms with E-state index in [-0.39, 0.29) is 16.8 Å². The normalized spacial score (nSPS) is 9.16. The molecule has 0 atom stereocenters. The van der Waals surface area contributed by atoms with Gasteiger partial charge in [0.2, 0.25) is 0 Å². The molecular weight excluding hydrogens is 336 g/mol. The van der Waals surface area contributed by atoms with Crippen LogP contribution in [0.15, 0.2) is 69.6 Å². The molecule has 0 aliphatic carbocycles. The first-order valence-electron chi connectivity index (χ1n) is 6.91. The van der Waals surface area contributed by atoms with Gasteiger partial charge in [0.25, 0.3) is 0 Å². The molecule has 2 aromatic carbocycles. The third-order valence-corrected chi connectivity index (χ3v) is 4.12. The van der Waals surface area contributed by atoms with E-state index >= 15 is 0 Å². The van der Waals surface area contributed by atoms with Crippen LogP contribution in [0, 0.1) is 34.0 Å². The average molecular weight is 346 g/mol. The van der Waals surface area contributed by atoms with Gasteiger partial charge in [-0.25, -0.2) is 4.79 Å². The van der Waals surface area contributed by atoms with Crippen molar-refractivity contribution in [2.45, 2.75) is 9.79 Å². The van der Waals surface area contributed by atoms with Crippen molar-refractivity contribution in [2.75, 3.05) is 5.32 Å². The molecule has 0 saturated carbocycles. The number of nitriles is 3. The predicted octanol–water partition coefficient (Wildman–Crippen LogP) is 3.77. The highest BCUT2D eigenvalue weighted by atomic mass is 32.2. The highest BCUT2D eigenvalue weighted by Crippen LogP contribution is 2.32. The topological polar surface area (TPSA) is 121 Å². The van der Waals surface area contributed by atoms with Gasteiger partial charge in [0.1, 0.15) is 23.9 Å². The number of carbonyl (C=O) groups is 1. The molecule has 2 rings (SSSR count). The summed E-state index contributed by atoms with van der Waals surface area (Å²) in [6, 6.07) is 18.8. The summed E-state index contributed by atoms with van der Waals surface area (Å²) in [5.41, 5.74) is -0.257. The molecule has 2 aromatic rings. The van der Waals surface area contributed by atoms with Gasteiger partial charge in [-0.05, 0) is 30.3 Å². The zero-order valence-electron chi connectivity index (χ0n) is 12.7. The van der Waals surface area contributed by atoms with E-state index in [1.54, 1.807) is 30.3 Å². The molecule has 0 aromatic heterocycles. The first-order chi connectivity index (χ1) is 12.1. The standard InChI is InChI=1S/C18H10N4O2S/c19-9-12(10-20)16(11-21)22-13-6-7-17(15(8-13)18(23)24)25-14-4-2-1-3-5-14/h1-8,22H,(H,23,24). The van der Waals surface area contributed by atoms with Crippen molar-refractivity contribution in [3.05, 3.63) is 65.4 Å². The van der Waals surface area contributed by atoms with Gasteiger partial charge in [-0.1, -0.05) is 30.0 Å². The van der Waals surface area contributed by atoms with Crippen molar-refractivity contribution in [1.29, 1.82) is 15.8 Å². The Bertz CT molecular complexity index is 947. The van der Waals surface area contributed by atoms with Crippen LogP contribution in [0.1, 0.15) is 10.4 Å². The van der Waals surface area contributed by atoms with Gasteiger partial charge < -0.3 is 10.4 Å². The lowest BCUT2D eigenvalue weighted by Gasteiger charge is -2.10. The number of hydrogen-bond donors (Lipinski definition) is 2. The number of anilines is 1.